The maximum absolute atomic E-state index is 11.5. The Bertz CT molecular complexity index is 505. The number of carboxylic acids is 1. The van der Waals surface area contributed by atoms with E-state index in [2.05, 4.69) is 0 Å². The van der Waals surface area contributed by atoms with Gasteiger partial charge in [0.15, 0.2) is 6.10 Å². The standard InChI is InChI=1S/C11H10O6/c1-4(12)9-7-5(10(14)15)2-3-6(13)8(7)11(16)17-9/h2-4,9,12-13H,1H3,(H,14,15). The van der Waals surface area contributed by atoms with Crippen LogP contribution in [0.1, 0.15) is 39.3 Å². The lowest BCUT2D eigenvalue weighted by atomic mass is 9.95. The third-order valence-corrected chi connectivity index (χ3v) is 2.61. The van der Waals surface area contributed by atoms with E-state index < -0.39 is 24.1 Å². The van der Waals surface area contributed by atoms with Gasteiger partial charge in [0.25, 0.3) is 0 Å². The Hall–Kier alpha value is -2.08. The van der Waals surface area contributed by atoms with Crippen LogP contribution in [0.4, 0.5) is 0 Å². The molecule has 0 amide bonds. The van der Waals surface area contributed by atoms with Crippen molar-refractivity contribution >= 4 is 11.9 Å². The Morgan fingerprint density at radius 1 is 1.47 bits per heavy atom. The summed E-state index contributed by atoms with van der Waals surface area (Å²) in [6, 6.07) is 2.29. The number of esters is 1. The van der Waals surface area contributed by atoms with E-state index in [1.165, 1.54) is 13.0 Å². The molecular formula is C11H10O6. The number of ether oxygens (including phenoxy) is 1. The summed E-state index contributed by atoms with van der Waals surface area (Å²) >= 11 is 0. The van der Waals surface area contributed by atoms with E-state index in [-0.39, 0.29) is 22.4 Å². The lowest BCUT2D eigenvalue weighted by Gasteiger charge is -2.15. The van der Waals surface area contributed by atoms with Crippen LogP contribution in [-0.4, -0.2) is 33.4 Å². The second-order valence-corrected chi connectivity index (χ2v) is 3.79. The van der Waals surface area contributed by atoms with Crippen LogP contribution in [0.15, 0.2) is 12.1 Å². The molecule has 2 rings (SSSR count). The van der Waals surface area contributed by atoms with Crippen LogP contribution in [0.5, 0.6) is 5.75 Å². The monoisotopic (exact) mass is 238 g/mol. The van der Waals surface area contributed by atoms with Gasteiger partial charge in [-0.1, -0.05) is 0 Å². The summed E-state index contributed by atoms with van der Waals surface area (Å²) in [6.07, 6.45) is -2.12. The van der Waals surface area contributed by atoms with E-state index in [1.54, 1.807) is 0 Å². The number of aliphatic hydroxyl groups is 1. The van der Waals surface area contributed by atoms with E-state index >= 15 is 0 Å². The van der Waals surface area contributed by atoms with E-state index in [4.69, 9.17) is 9.84 Å². The summed E-state index contributed by atoms with van der Waals surface area (Å²) in [7, 11) is 0. The van der Waals surface area contributed by atoms with Crippen LogP contribution >= 0.6 is 0 Å². The first-order valence-electron chi connectivity index (χ1n) is 4.91. The zero-order valence-electron chi connectivity index (χ0n) is 8.88. The zero-order chi connectivity index (χ0) is 12.7. The molecule has 1 aromatic rings. The van der Waals surface area contributed by atoms with Gasteiger partial charge in [0.1, 0.15) is 11.3 Å². The van der Waals surface area contributed by atoms with Crippen molar-refractivity contribution in [1.82, 2.24) is 0 Å². The minimum absolute atomic E-state index is 0.0255. The van der Waals surface area contributed by atoms with Crippen molar-refractivity contribution in [1.29, 1.82) is 0 Å². The summed E-state index contributed by atoms with van der Waals surface area (Å²) in [5.41, 5.74) is -0.317. The summed E-state index contributed by atoms with van der Waals surface area (Å²) in [6.45, 7) is 1.38. The molecule has 0 spiro atoms. The number of rotatable bonds is 2. The molecule has 1 aliphatic heterocycles. The first kappa shape index (κ1) is 11.4. The minimum atomic E-state index is -1.25. The predicted molar refractivity (Wildman–Crippen MR) is 54.9 cm³/mol. The van der Waals surface area contributed by atoms with Crippen LogP contribution in [0.3, 0.4) is 0 Å². The number of aromatic carboxylic acids is 1. The van der Waals surface area contributed by atoms with Gasteiger partial charge in [0.05, 0.1) is 11.7 Å². The molecule has 3 N–H and O–H groups in total. The van der Waals surface area contributed by atoms with Gasteiger partial charge >= 0.3 is 11.9 Å². The summed E-state index contributed by atoms with van der Waals surface area (Å²) in [4.78, 5) is 22.5. The third kappa shape index (κ3) is 1.62. The van der Waals surface area contributed by atoms with Crippen LogP contribution in [-0.2, 0) is 4.74 Å². The highest BCUT2D eigenvalue weighted by Crippen LogP contribution is 2.39. The van der Waals surface area contributed by atoms with Crippen LogP contribution in [0.25, 0.3) is 0 Å². The molecule has 2 unspecified atom stereocenters. The molecule has 2 atom stereocenters. The molecule has 1 aliphatic rings. The molecule has 0 aromatic heterocycles. The highest BCUT2D eigenvalue weighted by molar-refractivity contribution is 6.02. The lowest BCUT2D eigenvalue weighted by Crippen LogP contribution is -2.16. The average molecular weight is 238 g/mol. The second-order valence-electron chi connectivity index (χ2n) is 3.79. The number of fused-ring (bicyclic) bond motifs is 1. The molecule has 1 aromatic carbocycles. The van der Waals surface area contributed by atoms with E-state index in [0.717, 1.165) is 6.07 Å². The zero-order valence-corrected chi connectivity index (χ0v) is 8.88. The number of hydrogen-bond donors (Lipinski definition) is 3. The SMILES string of the molecule is CC(O)C1OC(=O)c2c(O)ccc(C(=O)O)c21. The second kappa shape index (κ2) is 3.74. The van der Waals surface area contributed by atoms with Crippen molar-refractivity contribution in [2.45, 2.75) is 19.1 Å². The number of cyclic esters (lactones) is 1. The largest absolute Gasteiger partial charge is 0.507 e. The molecule has 0 bridgehead atoms. The first-order valence-corrected chi connectivity index (χ1v) is 4.91. The van der Waals surface area contributed by atoms with E-state index in [9.17, 15) is 19.8 Å². The molecule has 1 heterocycles. The predicted octanol–water partition coefficient (Wildman–Crippen LogP) is 0.683. The molecule has 0 saturated heterocycles. The Kier molecular flexibility index (Phi) is 2.51. The van der Waals surface area contributed by atoms with Crippen LogP contribution in [0.2, 0.25) is 0 Å². The highest BCUT2D eigenvalue weighted by Gasteiger charge is 2.39. The number of aliphatic hydroxyl groups excluding tert-OH is 1. The van der Waals surface area contributed by atoms with Gasteiger partial charge < -0.3 is 20.1 Å². The lowest BCUT2D eigenvalue weighted by molar-refractivity contribution is -0.00319. The summed E-state index contributed by atoms with van der Waals surface area (Å²) in [5.74, 6) is -2.42. The molecule has 6 nitrogen and oxygen atoms in total. The molecular weight excluding hydrogens is 228 g/mol. The van der Waals surface area contributed by atoms with Gasteiger partial charge in [0.2, 0.25) is 0 Å². The van der Waals surface area contributed by atoms with Crippen molar-refractivity contribution in [2.75, 3.05) is 0 Å². The first-order chi connectivity index (χ1) is 7.93. The molecule has 0 aliphatic carbocycles. The molecule has 0 fully saturated rings. The van der Waals surface area contributed by atoms with Crippen LogP contribution in [0, 0.1) is 0 Å². The minimum Gasteiger partial charge on any atom is -0.507 e. The van der Waals surface area contributed by atoms with Crippen molar-refractivity contribution in [3.05, 3.63) is 28.8 Å². The van der Waals surface area contributed by atoms with Crippen molar-refractivity contribution < 1.29 is 29.6 Å². The van der Waals surface area contributed by atoms with Crippen molar-refractivity contribution in [3.63, 3.8) is 0 Å². The Morgan fingerprint density at radius 3 is 2.65 bits per heavy atom. The number of carbonyl (C=O) groups is 2. The summed E-state index contributed by atoms with van der Waals surface area (Å²) in [5, 5.41) is 28.0. The molecule has 6 heteroatoms. The number of phenols is 1. The fourth-order valence-corrected chi connectivity index (χ4v) is 1.88. The molecule has 17 heavy (non-hydrogen) atoms. The smallest absolute Gasteiger partial charge is 0.343 e. The molecule has 90 valence electrons. The maximum Gasteiger partial charge on any atom is 0.343 e. The number of phenolic OH excluding ortho intramolecular Hbond substituents is 1. The van der Waals surface area contributed by atoms with Crippen molar-refractivity contribution in [2.24, 2.45) is 0 Å². The number of carboxylic acid groups (broad SMARTS) is 1. The van der Waals surface area contributed by atoms with E-state index in [0.29, 0.717) is 0 Å². The highest BCUT2D eigenvalue weighted by atomic mass is 16.6. The normalized spacial score (nSPS) is 19.6. The fraction of sp³-hybridized carbons (Fsp3) is 0.273. The summed E-state index contributed by atoms with van der Waals surface area (Å²) < 4.78 is 4.85. The van der Waals surface area contributed by atoms with Gasteiger partial charge in [0, 0.05) is 5.56 Å². The van der Waals surface area contributed by atoms with Gasteiger partial charge in [-0.05, 0) is 19.1 Å². The van der Waals surface area contributed by atoms with E-state index in [1.807, 2.05) is 0 Å². The van der Waals surface area contributed by atoms with Crippen LogP contribution < -0.4 is 0 Å². The number of hydrogen-bond acceptors (Lipinski definition) is 5. The fourth-order valence-electron chi connectivity index (χ4n) is 1.88. The Morgan fingerprint density at radius 2 is 2.12 bits per heavy atom. The topological polar surface area (TPSA) is 104 Å². The number of benzene rings is 1. The average Bonchev–Trinajstić information content (AvgIpc) is 2.57. The Balaban J connectivity index is 2.71. The van der Waals surface area contributed by atoms with Gasteiger partial charge in [-0.3, -0.25) is 0 Å². The molecule has 0 radical (unpaired) electrons. The van der Waals surface area contributed by atoms with Gasteiger partial charge in [-0.25, -0.2) is 9.59 Å². The van der Waals surface area contributed by atoms with Gasteiger partial charge in [-0.15, -0.1) is 0 Å². The maximum atomic E-state index is 11.5. The van der Waals surface area contributed by atoms with Gasteiger partial charge in [-0.2, -0.15) is 0 Å². The van der Waals surface area contributed by atoms with Crippen molar-refractivity contribution in [3.8, 4) is 5.75 Å². The number of aromatic hydroxyl groups is 1. The quantitative estimate of drug-likeness (QED) is 0.654. The number of carbonyl (C=O) groups excluding carboxylic acids is 1. The third-order valence-electron chi connectivity index (χ3n) is 2.61. The Labute approximate surface area is 96.1 Å². The molecule has 0 saturated carbocycles.